The number of halogens is 1. The van der Waals surface area contributed by atoms with E-state index in [2.05, 4.69) is 15.6 Å². The number of hydrazone groups is 1. The minimum atomic E-state index is -0.589. The van der Waals surface area contributed by atoms with Crippen LogP contribution in [0.15, 0.2) is 23.3 Å². The van der Waals surface area contributed by atoms with E-state index in [4.69, 9.17) is 0 Å². The molecule has 0 radical (unpaired) electrons. The lowest BCUT2D eigenvalue weighted by Crippen LogP contribution is -2.20. The highest BCUT2D eigenvalue weighted by Crippen LogP contribution is 2.12. The second kappa shape index (κ2) is 6.89. The molecule has 0 aliphatic carbocycles. The van der Waals surface area contributed by atoms with Gasteiger partial charge in [0.2, 0.25) is 5.91 Å². The number of carbonyl (C=O) groups is 1. The molecule has 10 heteroatoms. The van der Waals surface area contributed by atoms with Gasteiger partial charge in [-0.05, 0) is 24.0 Å². The predicted octanol–water partition coefficient (Wildman–Crippen LogP) is 1.84. The van der Waals surface area contributed by atoms with Gasteiger partial charge in [0, 0.05) is 6.42 Å². The third-order valence-electron chi connectivity index (χ3n) is 2.68. The van der Waals surface area contributed by atoms with Crippen LogP contribution >= 0.6 is 11.3 Å². The number of aryl methyl sites for hydroxylation is 2. The molecule has 2 aromatic rings. The van der Waals surface area contributed by atoms with E-state index in [1.807, 2.05) is 0 Å². The van der Waals surface area contributed by atoms with Gasteiger partial charge in [-0.3, -0.25) is 4.79 Å². The van der Waals surface area contributed by atoms with Crippen LogP contribution in [0.5, 0.6) is 0 Å². The smallest absolute Gasteiger partial charge is 0.358 e. The van der Waals surface area contributed by atoms with Crippen molar-refractivity contribution in [2.75, 3.05) is 0 Å². The summed E-state index contributed by atoms with van der Waals surface area (Å²) in [6.45, 7) is 1.87. The molecular formula is C12H12FN5O3S. The summed E-state index contributed by atoms with van der Waals surface area (Å²) in [5.41, 5.74) is 2.89. The highest BCUT2D eigenvalue weighted by molar-refractivity contribution is 7.12. The van der Waals surface area contributed by atoms with Crippen molar-refractivity contribution >= 4 is 29.3 Å². The molecule has 116 valence electrons. The summed E-state index contributed by atoms with van der Waals surface area (Å²) in [7, 11) is 0. The Kier molecular flexibility index (Phi) is 4.94. The Hall–Kier alpha value is -2.62. The van der Waals surface area contributed by atoms with Gasteiger partial charge in [-0.25, -0.2) is 5.43 Å². The summed E-state index contributed by atoms with van der Waals surface area (Å²) in [6.07, 6.45) is 1.41. The lowest BCUT2D eigenvalue weighted by Gasteiger charge is -1.99. The standard InChI is InChI=1S/C12H12FN5O3S/c1-8-6-11(18(20)21)16-17(8)5-4-12(19)15-14-7-9-2-3-10(13)22-9/h2-3,6-7H,4-5H2,1H3,(H,15,19). The molecule has 0 spiro atoms. The number of aromatic nitrogens is 2. The average molecular weight is 325 g/mol. The lowest BCUT2D eigenvalue weighted by atomic mass is 10.4. The number of rotatable bonds is 6. The van der Waals surface area contributed by atoms with Gasteiger partial charge < -0.3 is 10.1 Å². The Labute approximate surface area is 128 Å². The Balaban J connectivity index is 1.82. The number of nitrogens with zero attached hydrogens (tertiary/aromatic N) is 4. The summed E-state index contributed by atoms with van der Waals surface area (Å²) in [5.74, 6) is -0.624. The fraction of sp³-hybridized carbons (Fsp3) is 0.250. The summed E-state index contributed by atoms with van der Waals surface area (Å²) in [5, 5.41) is 17.7. The van der Waals surface area contributed by atoms with Gasteiger partial charge in [0.25, 0.3) is 0 Å². The first-order valence-electron chi connectivity index (χ1n) is 6.22. The first-order chi connectivity index (χ1) is 10.5. The van der Waals surface area contributed by atoms with Gasteiger partial charge in [0.05, 0.1) is 34.5 Å². The van der Waals surface area contributed by atoms with Crippen LogP contribution in [0.25, 0.3) is 0 Å². The number of hydrogen-bond donors (Lipinski definition) is 1. The van der Waals surface area contributed by atoms with Crippen molar-refractivity contribution in [2.24, 2.45) is 5.10 Å². The maximum Gasteiger partial charge on any atom is 0.390 e. The fourth-order valence-electron chi connectivity index (χ4n) is 1.64. The maximum absolute atomic E-state index is 12.7. The van der Waals surface area contributed by atoms with Crippen molar-refractivity contribution in [3.05, 3.63) is 44.0 Å². The SMILES string of the molecule is Cc1cc([N+](=O)[O-])nn1CCC(=O)NN=Cc1ccc(F)s1. The number of amides is 1. The normalized spacial score (nSPS) is 11.0. The molecule has 0 atom stereocenters. The molecule has 0 saturated carbocycles. The number of carbonyl (C=O) groups excluding carboxylic acids is 1. The fourth-order valence-corrected chi connectivity index (χ4v) is 2.24. The molecule has 0 aliphatic heterocycles. The molecule has 22 heavy (non-hydrogen) atoms. The van der Waals surface area contributed by atoms with Crippen LogP contribution in [-0.4, -0.2) is 26.8 Å². The van der Waals surface area contributed by atoms with Gasteiger partial charge in [-0.1, -0.05) is 0 Å². The van der Waals surface area contributed by atoms with Crippen LogP contribution in [0.2, 0.25) is 0 Å². The van der Waals surface area contributed by atoms with Crippen LogP contribution in [0.3, 0.4) is 0 Å². The summed E-state index contributed by atoms with van der Waals surface area (Å²) < 4.78 is 14.1. The molecule has 2 heterocycles. The van der Waals surface area contributed by atoms with E-state index in [1.165, 1.54) is 23.0 Å². The first-order valence-corrected chi connectivity index (χ1v) is 7.03. The minimum absolute atomic E-state index is 0.0653. The Morgan fingerprint density at radius 1 is 1.64 bits per heavy atom. The number of nitro groups is 1. The van der Waals surface area contributed by atoms with E-state index in [1.54, 1.807) is 13.0 Å². The minimum Gasteiger partial charge on any atom is -0.358 e. The third kappa shape index (κ3) is 4.19. The summed E-state index contributed by atoms with van der Waals surface area (Å²) in [4.78, 5) is 22.2. The van der Waals surface area contributed by atoms with Crippen molar-refractivity contribution in [3.63, 3.8) is 0 Å². The monoisotopic (exact) mass is 325 g/mol. The molecule has 0 aliphatic rings. The molecule has 1 N–H and O–H groups in total. The highest BCUT2D eigenvalue weighted by Gasteiger charge is 2.15. The zero-order valence-electron chi connectivity index (χ0n) is 11.5. The largest absolute Gasteiger partial charge is 0.390 e. The van der Waals surface area contributed by atoms with Crippen LogP contribution < -0.4 is 5.43 Å². The molecular weight excluding hydrogens is 313 g/mol. The van der Waals surface area contributed by atoms with Crippen LogP contribution in [0.4, 0.5) is 10.2 Å². The molecule has 8 nitrogen and oxygen atoms in total. The molecule has 0 fully saturated rings. The van der Waals surface area contributed by atoms with Crippen molar-refractivity contribution in [1.82, 2.24) is 15.2 Å². The highest BCUT2D eigenvalue weighted by atomic mass is 32.1. The van der Waals surface area contributed by atoms with Crippen molar-refractivity contribution in [2.45, 2.75) is 19.9 Å². The first kappa shape index (κ1) is 15.8. The Bertz CT molecular complexity index is 724. The Morgan fingerprint density at radius 2 is 2.41 bits per heavy atom. The van der Waals surface area contributed by atoms with Crippen molar-refractivity contribution < 1.29 is 14.1 Å². The van der Waals surface area contributed by atoms with Gasteiger partial charge in [-0.2, -0.15) is 14.2 Å². The second-order valence-corrected chi connectivity index (χ2v) is 5.37. The van der Waals surface area contributed by atoms with E-state index < -0.39 is 4.92 Å². The topological polar surface area (TPSA) is 102 Å². The molecule has 0 saturated heterocycles. The van der Waals surface area contributed by atoms with E-state index in [0.29, 0.717) is 10.6 Å². The molecule has 0 aromatic carbocycles. The van der Waals surface area contributed by atoms with Crippen LogP contribution in [0.1, 0.15) is 17.0 Å². The maximum atomic E-state index is 12.7. The van der Waals surface area contributed by atoms with Gasteiger partial charge in [0.1, 0.15) is 0 Å². The zero-order chi connectivity index (χ0) is 16.1. The molecule has 1 amide bonds. The second-order valence-electron chi connectivity index (χ2n) is 4.31. The lowest BCUT2D eigenvalue weighted by molar-refractivity contribution is -0.389. The number of nitrogens with one attached hydrogen (secondary N) is 1. The Morgan fingerprint density at radius 3 is 3.00 bits per heavy atom. The van der Waals surface area contributed by atoms with Crippen molar-refractivity contribution in [1.29, 1.82) is 0 Å². The molecule has 0 unspecified atom stereocenters. The molecule has 0 bridgehead atoms. The summed E-state index contributed by atoms with van der Waals surface area (Å²) >= 11 is 0.912. The molecule has 2 aromatic heterocycles. The average Bonchev–Trinajstić information content (AvgIpc) is 3.03. The van der Waals surface area contributed by atoms with E-state index in [-0.39, 0.29) is 29.8 Å². The predicted molar refractivity (Wildman–Crippen MR) is 78.2 cm³/mol. The quantitative estimate of drug-likeness (QED) is 0.497. The van der Waals surface area contributed by atoms with Crippen molar-refractivity contribution in [3.8, 4) is 0 Å². The van der Waals surface area contributed by atoms with Crippen LogP contribution in [-0.2, 0) is 11.3 Å². The van der Waals surface area contributed by atoms with E-state index >= 15 is 0 Å². The van der Waals surface area contributed by atoms with Gasteiger partial charge in [-0.15, -0.1) is 11.3 Å². The van der Waals surface area contributed by atoms with Gasteiger partial charge in [0.15, 0.2) is 5.13 Å². The van der Waals surface area contributed by atoms with Crippen LogP contribution in [0, 0.1) is 22.2 Å². The summed E-state index contributed by atoms with van der Waals surface area (Å²) in [6, 6.07) is 4.19. The number of thiophene rings is 1. The van der Waals surface area contributed by atoms with Gasteiger partial charge >= 0.3 is 5.82 Å². The third-order valence-corrected chi connectivity index (χ3v) is 3.49. The zero-order valence-corrected chi connectivity index (χ0v) is 12.3. The number of hydrogen-bond acceptors (Lipinski definition) is 6. The van der Waals surface area contributed by atoms with E-state index in [0.717, 1.165) is 11.3 Å². The van der Waals surface area contributed by atoms with E-state index in [9.17, 15) is 19.3 Å². The molecule has 2 rings (SSSR count).